The van der Waals surface area contributed by atoms with Crippen molar-refractivity contribution in [3.8, 4) is 0 Å². The molecular weight excluding hydrogens is 342 g/mol. The number of anilines is 1. The van der Waals surface area contributed by atoms with Crippen molar-refractivity contribution in [1.29, 1.82) is 0 Å². The Hall–Kier alpha value is -1.48. The first-order chi connectivity index (χ1) is 11.6. The van der Waals surface area contributed by atoms with E-state index in [9.17, 15) is 13.2 Å². The Bertz CT molecular complexity index is 710. The summed E-state index contributed by atoms with van der Waals surface area (Å²) in [6.45, 7) is 7.20. The van der Waals surface area contributed by atoms with E-state index < -0.39 is 10.0 Å². The van der Waals surface area contributed by atoms with E-state index >= 15 is 0 Å². The average molecular weight is 369 g/mol. The second-order valence-electron chi connectivity index (χ2n) is 6.69. The van der Waals surface area contributed by atoms with Gasteiger partial charge in [-0.1, -0.05) is 6.07 Å². The van der Waals surface area contributed by atoms with Gasteiger partial charge in [0.05, 0.1) is 23.1 Å². The molecule has 0 spiro atoms. The standard InChI is InChI=1S/C17H27N3O4S/c1-12-10-20(11-13(2)24-12)14(3)17(21)18-15-7-6-8-16(9-15)25(22,23)19(4)5/h6-9,12-14H,10-11H2,1-5H3,(H,18,21)/t12-,13-,14-/m0/s1. The number of sulfonamides is 1. The molecule has 1 aromatic rings. The van der Waals surface area contributed by atoms with Crippen LogP contribution in [0.1, 0.15) is 20.8 Å². The van der Waals surface area contributed by atoms with Gasteiger partial charge in [0.25, 0.3) is 0 Å². The SMILES string of the molecule is C[C@H]1CN([C@@H](C)C(=O)Nc2cccc(S(=O)(=O)N(C)C)c2)C[C@H](C)O1. The predicted octanol–water partition coefficient (Wildman–Crippen LogP) is 1.37. The van der Waals surface area contributed by atoms with Crippen LogP contribution in [0.3, 0.4) is 0 Å². The van der Waals surface area contributed by atoms with E-state index in [2.05, 4.69) is 10.2 Å². The van der Waals surface area contributed by atoms with E-state index in [0.717, 1.165) is 4.31 Å². The molecule has 1 fully saturated rings. The number of ether oxygens (including phenoxy) is 1. The first kappa shape index (κ1) is 19.8. The maximum absolute atomic E-state index is 12.6. The summed E-state index contributed by atoms with van der Waals surface area (Å²) in [5, 5.41) is 2.82. The molecule has 1 aliphatic heterocycles. The number of carbonyl (C=O) groups excluding carboxylic acids is 1. The summed E-state index contributed by atoms with van der Waals surface area (Å²) in [7, 11) is -0.584. The highest BCUT2D eigenvalue weighted by atomic mass is 32.2. The first-order valence-electron chi connectivity index (χ1n) is 8.34. The predicted molar refractivity (Wildman–Crippen MR) is 97.0 cm³/mol. The molecule has 7 nitrogen and oxygen atoms in total. The minimum atomic E-state index is -3.54. The van der Waals surface area contributed by atoms with Gasteiger partial charge in [0.15, 0.2) is 0 Å². The molecule has 3 atom stereocenters. The number of benzene rings is 1. The third-order valence-electron chi connectivity index (χ3n) is 4.26. The molecule has 140 valence electrons. The minimum absolute atomic E-state index is 0.0764. The second kappa shape index (κ2) is 7.82. The number of amides is 1. The number of hydrogen-bond acceptors (Lipinski definition) is 5. The fraction of sp³-hybridized carbons (Fsp3) is 0.588. The molecule has 0 saturated carbocycles. The molecule has 0 bridgehead atoms. The van der Waals surface area contributed by atoms with Crippen LogP contribution in [0.25, 0.3) is 0 Å². The molecule has 0 aliphatic carbocycles. The van der Waals surface area contributed by atoms with Gasteiger partial charge in [-0.3, -0.25) is 9.69 Å². The number of rotatable bonds is 5. The van der Waals surface area contributed by atoms with Crippen molar-refractivity contribution < 1.29 is 17.9 Å². The molecule has 1 heterocycles. The Kier molecular flexibility index (Phi) is 6.21. The molecule has 8 heteroatoms. The van der Waals surface area contributed by atoms with E-state index in [1.807, 2.05) is 20.8 Å². The lowest BCUT2D eigenvalue weighted by Crippen LogP contribution is -2.52. The van der Waals surface area contributed by atoms with Gasteiger partial charge < -0.3 is 10.1 Å². The molecule has 1 aliphatic rings. The molecule has 25 heavy (non-hydrogen) atoms. The molecule has 0 radical (unpaired) electrons. The van der Waals surface area contributed by atoms with Gasteiger partial charge in [0.2, 0.25) is 15.9 Å². The van der Waals surface area contributed by atoms with Gasteiger partial charge in [0.1, 0.15) is 0 Å². The molecular formula is C17H27N3O4S. The fourth-order valence-electron chi connectivity index (χ4n) is 2.89. The average Bonchev–Trinajstić information content (AvgIpc) is 2.53. The Balaban J connectivity index is 2.10. The van der Waals surface area contributed by atoms with Crippen LogP contribution in [0.15, 0.2) is 29.2 Å². The zero-order valence-electron chi connectivity index (χ0n) is 15.4. The lowest BCUT2D eigenvalue weighted by Gasteiger charge is -2.38. The number of carbonyl (C=O) groups is 1. The Labute approximate surface area is 150 Å². The summed E-state index contributed by atoms with van der Waals surface area (Å²) in [5.41, 5.74) is 0.467. The number of nitrogens with one attached hydrogen (secondary N) is 1. The van der Waals surface area contributed by atoms with Crippen molar-refractivity contribution in [3.63, 3.8) is 0 Å². The van der Waals surface area contributed by atoms with Gasteiger partial charge >= 0.3 is 0 Å². The van der Waals surface area contributed by atoms with Crippen LogP contribution in [-0.4, -0.2) is 69.0 Å². The van der Waals surface area contributed by atoms with E-state index in [4.69, 9.17) is 4.74 Å². The van der Waals surface area contributed by atoms with E-state index in [1.54, 1.807) is 12.1 Å². The van der Waals surface area contributed by atoms with Gasteiger partial charge in [-0.25, -0.2) is 12.7 Å². The minimum Gasteiger partial charge on any atom is -0.373 e. The van der Waals surface area contributed by atoms with E-state index in [1.165, 1.54) is 26.2 Å². The summed E-state index contributed by atoms with van der Waals surface area (Å²) < 4.78 is 31.3. The zero-order chi connectivity index (χ0) is 18.8. The number of morpholine rings is 1. The lowest BCUT2D eigenvalue weighted by molar-refractivity contribution is -0.126. The highest BCUT2D eigenvalue weighted by molar-refractivity contribution is 7.89. The molecule has 1 amide bonds. The molecule has 0 aromatic heterocycles. The van der Waals surface area contributed by atoms with Crippen LogP contribution in [0.5, 0.6) is 0 Å². The van der Waals surface area contributed by atoms with Crippen LogP contribution < -0.4 is 5.32 Å². The smallest absolute Gasteiger partial charge is 0.242 e. The Morgan fingerprint density at radius 3 is 2.44 bits per heavy atom. The van der Waals surface area contributed by atoms with Gasteiger partial charge in [-0.15, -0.1) is 0 Å². The summed E-state index contributed by atoms with van der Waals surface area (Å²) >= 11 is 0. The van der Waals surface area contributed by atoms with Gasteiger partial charge in [0, 0.05) is 32.9 Å². The molecule has 2 rings (SSSR count). The summed E-state index contributed by atoms with van der Waals surface area (Å²) in [6.07, 6.45) is 0.153. The highest BCUT2D eigenvalue weighted by Crippen LogP contribution is 2.19. The number of hydrogen-bond donors (Lipinski definition) is 1. The van der Waals surface area contributed by atoms with Gasteiger partial charge in [-0.2, -0.15) is 0 Å². The number of nitrogens with zero attached hydrogens (tertiary/aromatic N) is 2. The van der Waals surface area contributed by atoms with Crippen molar-refractivity contribution in [3.05, 3.63) is 24.3 Å². The Morgan fingerprint density at radius 1 is 1.28 bits per heavy atom. The van der Waals surface area contributed by atoms with Crippen LogP contribution in [0.2, 0.25) is 0 Å². The van der Waals surface area contributed by atoms with Crippen molar-refractivity contribution in [2.75, 3.05) is 32.5 Å². The van der Waals surface area contributed by atoms with Crippen molar-refractivity contribution in [2.24, 2.45) is 0 Å². The highest BCUT2D eigenvalue weighted by Gasteiger charge is 2.29. The molecule has 1 saturated heterocycles. The van der Waals surface area contributed by atoms with E-state index in [0.29, 0.717) is 18.8 Å². The van der Waals surface area contributed by atoms with Gasteiger partial charge in [-0.05, 0) is 39.0 Å². The van der Waals surface area contributed by atoms with Crippen molar-refractivity contribution in [1.82, 2.24) is 9.21 Å². The lowest BCUT2D eigenvalue weighted by atomic mass is 10.1. The van der Waals surface area contributed by atoms with Crippen molar-refractivity contribution in [2.45, 2.75) is 43.9 Å². The van der Waals surface area contributed by atoms with E-state index in [-0.39, 0.29) is 29.1 Å². The third kappa shape index (κ3) is 4.78. The topological polar surface area (TPSA) is 79.0 Å². The first-order valence-corrected chi connectivity index (χ1v) is 9.78. The maximum Gasteiger partial charge on any atom is 0.242 e. The molecule has 0 unspecified atom stereocenters. The summed E-state index contributed by atoms with van der Waals surface area (Å²) in [4.78, 5) is 14.8. The largest absolute Gasteiger partial charge is 0.373 e. The zero-order valence-corrected chi connectivity index (χ0v) is 16.2. The Morgan fingerprint density at radius 2 is 1.88 bits per heavy atom. The van der Waals surface area contributed by atoms with Crippen LogP contribution >= 0.6 is 0 Å². The fourth-order valence-corrected chi connectivity index (χ4v) is 3.84. The summed E-state index contributed by atoms with van der Waals surface area (Å²) in [5.74, 6) is -0.166. The molecule has 1 aromatic carbocycles. The quantitative estimate of drug-likeness (QED) is 0.848. The second-order valence-corrected chi connectivity index (χ2v) is 8.84. The van der Waals surface area contributed by atoms with Crippen LogP contribution in [0.4, 0.5) is 5.69 Å². The van der Waals surface area contributed by atoms with Crippen LogP contribution in [-0.2, 0) is 19.6 Å². The monoisotopic (exact) mass is 369 g/mol. The maximum atomic E-state index is 12.6. The normalized spacial score (nSPS) is 23.4. The third-order valence-corrected chi connectivity index (χ3v) is 6.07. The van der Waals surface area contributed by atoms with Crippen molar-refractivity contribution >= 4 is 21.6 Å². The van der Waals surface area contributed by atoms with Crippen LogP contribution in [0, 0.1) is 0 Å². The summed E-state index contributed by atoms with van der Waals surface area (Å²) in [6, 6.07) is 5.96. The molecule has 1 N–H and O–H groups in total.